The van der Waals surface area contributed by atoms with E-state index in [0.29, 0.717) is 16.7 Å². The third-order valence-electron chi connectivity index (χ3n) is 6.36. The molecule has 32 heavy (non-hydrogen) atoms. The van der Waals surface area contributed by atoms with Gasteiger partial charge >= 0.3 is 5.97 Å². The summed E-state index contributed by atoms with van der Waals surface area (Å²) in [5, 5.41) is 0. The van der Waals surface area contributed by atoms with Crippen LogP contribution in [-0.2, 0) is 9.53 Å². The molecule has 0 saturated carbocycles. The molecule has 6 rings (SSSR count). The van der Waals surface area contributed by atoms with E-state index in [9.17, 15) is 9.59 Å². The third-order valence-corrected chi connectivity index (χ3v) is 6.89. The molecule has 0 N–H and O–H groups in total. The molecule has 0 fully saturated rings. The molecule has 5 heteroatoms. The van der Waals surface area contributed by atoms with Gasteiger partial charge in [-0.25, -0.2) is 4.79 Å². The van der Waals surface area contributed by atoms with Crippen LogP contribution in [0.5, 0.6) is 0 Å². The van der Waals surface area contributed by atoms with Crippen LogP contribution < -0.4 is 4.90 Å². The molecule has 0 bridgehead atoms. The fraction of sp³-hybridized carbons (Fsp3) is 0.111. The van der Waals surface area contributed by atoms with Crippen LogP contribution >= 0.6 is 15.9 Å². The second-order valence-electron chi connectivity index (χ2n) is 8.23. The summed E-state index contributed by atoms with van der Waals surface area (Å²) in [5.74, 6) is -0.864. The largest absolute Gasteiger partial charge is 0.456 e. The number of hydrogen-bond acceptors (Lipinski definition) is 4. The average Bonchev–Trinajstić information content (AvgIpc) is 3.33. The van der Waals surface area contributed by atoms with Crippen LogP contribution in [0, 0.1) is 6.92 Å². The minimum Gasteiger partial charge on any atom is -0.456 e. The number of carbonyl (C=O) groups excluding carboxylic acids is 2. The van der Waals surface area contributed by atoms with Gasteiger partial charge in [-0.2, -0.15) is 0 Å². The molecule has 3 aromatic carbocycles. The van der Waals surface area contributed by atoms with Gasteiger partial charge in [-0.15, -0.1) is 0 Å². The smallest absolute Gasteiger partial charge is 0.337 e. The van der Waals surface area contributed by atoms with Crippen molar-refractivity contribution < 1.29 is 14.3 Å². The SMILES string of the molecule is Cc1ccc(N2C3=C(C(=O)OC3)C(c3ccc(Br)cc3)C3=C2c2ccccc2C3=O)cc1. The highest BCUT2D eigenvalue weighted by atomic mass is 79.9. The van der Waals surface area contributed by atoms with E-state index in [0.717, 1.165) is 38.2 Å². The van der Waals surface area contributed by atoms with Crippen LogP contribution in [0.25, 0.3) is 5.70 Å². The van der Waals surface area contributed by atoms with E-state index in [2.05, 4.69) is 15.9 Å². The van der Waals surface area contributed by atoms with Gasteiger partial charge in [0.25, 0.3) is 0 Å². The first-order chi connectivity index (χ1) is 15.5. The molecule has 1 unspecified atom stereocenters. The second-order valence-corrected chi connectivity index (χ2v) is 9.14. The summed E-state index contributed by atoms with van der Waals surface area (Å²) in [6.45, 7) is 2.22. The number of benzene rings is 3. The first-order valence-electron chi connectivity index (χ1n) is 10.5. The number of ether oxygens (including phenoxy) is 1. The summed E-state index contributed by atoms with van der Waals surface area (Å²) in [5.41, 5.74) is 7.34. The number of nitrogens with zero attached hydrogens (tertiary/aromatic N) is 1. The van der Waals surface area contributed by atoms with Crippen molar-refractivity contribution in [2.24, 2.45) is 0 Å². The maximum Gasteiger partial charge on any atom is 0.337 e. The highest BCUT2D eigenvalue weighted by Crippen LogP contribution is 2.53. The number of cyclic esters (lactones) is 1. The molecule has 156 valence electrons. The van der Waals surface area contributed by atoms with Crippen molar-refractivity contribution in [1.82, 2.24) is 0 Å². The number of esters is 1. The van der Waals surface area contributed by atoms with Gasteiger partial charge in [-0.3, -0.25) is 4.79 Å². The minimum atomic E-state index is -0.468. The molecular weight excluding hydrogens is 466 g/mol. The summed E-state index contributed by atoms with van der Waals surface area (Å²) >= 11 is 3.48. The molecule has 1 aliphatic carbocycles. The summed E-state index contributed by atoms with van der Waals surface area (Å²) < 4.78 is 6.48. The summed E-state index contributed by atoms with van der Waals surface area (Å²) in [7, 11) is 0. The Morgan fingerprint density at radius 2 is 1.56 bits per heavy atom. The fourth-order valence-corrected chi connectivity index (χ4v) is 5.18. The average molecular weight is 484 g/mol. The van der Waals surface area contributed by atoms with E-state index in [1.165, 1.54) is 0 Å². The van der Waals surface area contributed by atoms with Crippen molar-refractivity contribution in [3.05, 3.63) is 116 Å². The molecule has 0 spiro atoms. The van der Waals surface area contributed by atoms with Gasteiger partial charge in [-0.1, -0.05) is 70.0 Å². The number of carbonyl (C=O) groups is 2. The number of aryl methyl sites for hydroxylation is 1. The Kier molecular flexibility index (Phi) is 4.24. The Labute approximate surface area is 193 Å². The molecule has 0 saturated heterocycles. The van der Waals surface area contributed by atoms with E-state index in [1.54, 1.807) is 0 Å². The first-order valence-corrected chi connectivity index (χ1v) is 11.2. The van der Waals surface area contributed by atoms with Gasteiger partial charge in [0.15, 0.2) is 5.78 Å². The zero-order valence-electron chi connectivity index (χ0n) is 17.3. The van der Waals surface area contributed by atoms with Crippen LogP contribution in [0.3, 0.4) is 0 Å². The lowest BCUT2D eigenvalue weighted by atomic mass is 9.79. The van der Waals surface area contributed by atoms with Crippen molar-refractivity contribution in [3.63, 3.8) is 0 Å². The number of anilines is 1. The van der Waals surface area contributed by atoms with Gasteiger partial charge in [0, 0.05) is 32.8 Å². The number of rotatable bonds is 2. The normalized spacial score (nSPS) is 19.2. The Morgan fingerprint density at radius 1 is 0.875 bits per heavy atom. The summed E-state index contributed by atoms with van der Waals surface area (Å²) in [4.78, 5) is 28.8. The van der Waals surface area contributed by atoms with Gasteiger partial charge in [0.05, 0.1) is 17.0 Å². The standard InChI is InChI=1S/C27H18BrNO3/c1-15-6-12-18(13-7-15)29-21-14-32-27(31)23(21)22(16-8-10-17(28)11-9-16)24-25(29)19-4-2-3-5-20(19)26(24)30/h2-13,22H,14H2,1H3. The van der Waals surface area contributed by atoms with Crippen LogP contribution in [0.4, 0.5) is 5.69 Å². The maximum absolute atomic E-state index is 13.7. The highest BCUT2D eigenvalue weighted by Gasteiger charge is 2.49. The predicted octanol–water partition coefficient (Wildman–Crippen LogP) is 5.78. The topological polar surface area (TPSA) is 46.6 Å². The van der Waals surface area contributed by atoms with Gasteiger partial charge < -0.3 is 9.64 Å². The van der Waals surface area contributed by atoms with Crippen molar-refractivity contribution in [1.29, 1.82) is 0 Å². The molecule has 2 aliphatic heterocycles. The van der Waals surface area contributed by atoms with E-state index >= 15 is 0 Å². The minimum absolute atomic E-state index is 0.0353. The predicted molar refractivity (Wildman–Crippen MR) is 126 cm³/mol. The lowest BCUT2D eigenvalue weighted by Gasteiger charge is -2.35. The molecule has 4 nitrogen and oxygen atoms in total. The number of ketones is 1. The molecule has 3 aromatic rings. The zero-order valence-corrected chi connectivity index (χ0v) is 18.8. The molecule has 0 radical (unpaired) electrons. The summed E-state index contributed by atoms with van der Waals surface area (Å²) in [6, 6.07) is 23.6. The van der Waals surface area contributed by atoms with E-state index in [4.69, 9.17) is 4.74 Å². The number of fused-ring (bicyclic) bond motifs is 2. The molecular formula is C27H18BrNO3. The van der Waals surface area contributed by atoms with Crippen LogP contribution in [0.1, 0.15) is 33.0 Å². The molecule has 0 aromatic heterocycles. The van der Waals surface area contributed by atoms with Gasteiger partial charge in [-0.05, 0) is 36.8 Å². The fourth-order valence-electron chi connectivity index (χ4n) is 4.92. The Hall–Kier alpha value is -3.44. The zero-order chi connectivity index (χ0) is 22.0. The van der Waals surface area contributed by atoms with Gasteiger partial charge in [0.1, 0.15) is 6.61 Å². The van der Waals surface area contributed by atoms with Crippen molar-refractivity contribution in [3.8, 4) is 0 Å². The van der Waals surface area contributed by atoms with Crippen LogP contribution in [0.2, 0.25) is 0 Å². The number of Topliss-reactive ketones (excluding diaryl/α,β-unsaturated/α-hetero) is 1. The number of allylic oxidation sites excluding steroid dienone is 1. The lowest BCUT2D eigenvalue weighted by molar-refractivity contribution is -0.136. The van der Waals surface area contributed by atoms with E-state index in [1.807, 2.05) is 84.6 Å². The Morgan fingerprint density at radius 3 is 2.28 bits per heavy atom. The summed E-state index contributed by atoms with van der Waals surface area (Å²) in [6.07, 6.45) is 0. The van der Waals surface area contributed by atoms with E-state index in [-0.39, 0.29) is 18.4 Å². The monoisotopic (exact) mass is 483 g/mol. The quantitative estimate of drug-likeness (QED) is 0.433. The molecule has 2 heterocycles. The number of hydrogen-bond donors (Lipinski definition) is 0. The lowest BCUT2D eigenvalue weighted by Crippen LogP contribution is -2.30. The van der Waals surface area contributed by atoms with Crippen molar-refractivity contribution >= 4 is 39.1 Å². The third kappa shape index (κ3) is 2.67. The van der Waals surface area contributed by atoms with Gasteiger partial charge in [0.2, 0.25) is 0 Å². The maximum atomic E-state index is 13.7. The number of halogens is 1. The second kappa shape index (κ2) is 7.04. The molecule has 0 amide bonds. The van der Waals surface area contributed by atoms with Crippen molar-refractivity contribution in [2.45, 2.75) is 12.8 Å². The first kappa shape index (κ1) is 19.3. The Balaban J connectivity index is 1.67. The molecule has 1 atom stereocenters. The highest BCUT2D eigenvalue weighted by molar-refractivity contribution is 9.10. The van der Waals surface area contributed by atoms with Crippen molar-refractivity contribution in [2.75, 3.05) is 11.5 Å². The molecule has 3 aliphatic rings. The van der Waals surface area contributed by atoms with E-state index < -0.39 is 5.92 Å². The van der Waals surface area contributed by atoms with Crippen LogP contribution in [-0.4, -0.2) is 18.4 Å². The Bertz CT molecular complexity index is 1370. The van der Waals surface area contributed by atoms with Crippen LogP contribution in [0.15, 0.2) is 94.1 Å².